The van der Waals surface area contributed by atoms with Gasteiger partial charge in [-0.2, -0.15) is 0 Å². The highest BCUT2D eigenvalue weighted by molar-refractivity contribution is 6.32. The van der Waals surface area contributed by atoms with Crippen molar-refractivity contribution in [3.63, 3.8) is 0 Å². The Kier molecular flexibility index (Phi) is 5.15. The van der Waals surface area contributed by atoms with Crippen LogP contribution in [0, 0.1) is 0 Å². The molecule has 134 valence electrons. The number of fused-ring (bicyclic) bond motifs is 1. The molecule has 0 saturated heterocycles. The van der Waals surface area contributed by atoms with Gasteiger partial charge in [0.15, 0.2) is 0 Å². The molecule has 2 aromatic carbocycles. The normalized spacial score (nSPS) is 13.0. The molecule has 8 heteroatoms. The second-order valence-electron chi connectivity index (χ2n) is 5.60. The number of halogens is 2. The number of imide groups is 1. The largest absolute Gasteiger partial charge is 0.495 e. The second kappa shape index (κ2) is 7.35. The monoisotopic (exact) mass is 392 g/mol. The summed E-state index contributed by atoms with van der Waals surface area (Å²) >= 11 is 11.9. The van der Waals surface area contributed by atoms with E-state index in [1.807, 2.05) is 0 Å². The van der Waals surface area contributed by atoms with E-state index in [-0.39, 0.29) is 24.4 Å². The summed E-state index contributed by atoms with van der Waals surface area (Å²) in [6, 6.07) is 9.35. The number of carbonyl (C=O) groups is 3. The fourth-order valence-electron chi connectivity index (χ4n) is 2.65. The van der Waals surface area contributed by atoms with Gasteiger partial charge in [-0.05, 0) is 36.4 Å². The molecule has 0 bridgehead atoms. The molecule has 0 saturated carbocycles. The topological polar surface area (TPSA) is 75.7 Å². The van der Waals surface area contributed by atoms with Gasteiger partial charge in [-0.1, -0.05) is 23.2 Å². The van der Waals surface area contributed by atoms with Crippen LogP contribution in [0.3, 0.4) is 0 Å². The fourth-order valence-corrected chi connectivity index (χ4v) is 3.08. The van der Waals surface area contributed by atoms with Gasteiger partial charge >= 0.3 is 0 Å². The summed E-state index contributed by atoms with van der Waals surface area (Å²) in [5.41, 5.74) is 1.04. The number of hydrogen-bond donors (Lipinski definition) is 1. The summed E-state index contributed by atoms with van der Waals surface area (Å²) in [5.74, 6) is -0.732. The van der Waals surface area contributed by atoms with E-state index in [4.69, 9.17) is 27.9 Å². The van der Waals surface area contributed by atoms with Gasteiger partial charge in [-0.25, -0.2) is 0 Å². The van der Waals surface area contributed by atoms with Crippen LogP contribution in [0.15, 0.2) is 36.4 Å². The molecule has 0 radical (unpaired) electrons. The van der Waals surface area contributed by atoms with Crippen LogP contribution < -0.4 is 10.1 Å². The lowest BCUT2D eigenvalue weighted by Crippen LogP contribution is -2.32. The average molecular weight is 393 g/mol. The van der Waals surface area contributed by atoms with E-state index in [0.29, 0.717) is 27.0 Å². The molecule has 3 amide bonds. The maximum Gasteiger partial charge on any atom is 0.261 e. The molecule has 1 heterocycles. The number of amides is 3. The zero-order valence-corrected chi connectivity index (χ0v) is 15.2. The predicted octanol–water partition coefficient (Wildman–Crippen LogP) is 3.63. The molecule has 0 aromatic heterocycles. The van der Waals surface area contributed by atoms with Gasteiger partial charge in [0.2, 0.25) is 5.91 Å². The fraction of sp³-hybridized carbons (Fsp3) is 0.167. The molecule has 0 unspecified atom stereocenters. The Morgan fingerprint density at radius 1 is 1.08 bits per heavy atom. The molecule has 26 heavy (non-hydrogen) atoms. The third kappa shape index (κ3) is 3.52. The minimum atomic E-state index is -0.451. The Balaban J connectivity index is 1.62. The number of nitrogens with one attached hydrogen (secondary N) is 1. The summed E-state index contributed by atoms with van der Waals surface area (Å²) in [7, 11) is 1.49. The van der Waals surface area contributed by atoms with Crippen LogP contribution >= 0.6 is 23.2 Å². The molecule has 1 N–H and O–H groups in total. The molecule has 6 nitrogen and oxygen atoms in total. The van der Waals surface area contributed by atoms with Crippen molar-refractivity contribution in [2.45, 2.75) is 6.42 Å². The molecule has 1 aliphatic heterocycles. The molecule has 1 aliphatic rings. The Morgan fingerprint density at radius 3 is 2.50 bits per heavy atom. The molecule has 0 fully saturated rings. The number of carbonyl (C=O) groups excluding carboxylic acids is 3. The highest BCUT2D eigenvalue weighted by Gasteiger charge is 2.35. The Morgan fingerprint density at radius 2 is 1.81 bits per heavy atom. The first-order valence-corrected chi connectivity index (χ1v) is 8.45. The van der Waals surface area contributed by atoms with Crippen LogP contribution in [0.4, 0.5) is 5.69 Å². The van der Waals surface area contributed by atoms with Gasteiger partial charge in [-0.3, -0.25) is 19.3 Å². The van der Waals surface area contributed by atoms with E-state index in [1.165, 1.54) is 19.2 Å². The van der Waals surface area contributed by atoms with E-state index in [1.54, 1.807) is 24.3 Å². The number of benzene rings is 2. The molecule has 0 aliphatic carbocycles. The van der Waals surface area contributed by atoms with Crippen molar-refractivity contribution in [3.8, 4) is 5.75 Å². The van der Waals surface area contributed by atoms with Crippen molar-refractivity contribution < 1.29 is 19.1 Å². The second-order valence-corrected chi connectivity index (χ2v) is 6.44. The molecular weight excluding hydrogens is 379 g/mol. The van der Waals surface area contributed by atoms with E-state index >= 15 is 0 Å². The first-order chi connectivity index (χ1) is 12.4. The Hall–Kier alpha value is -2.57. The van der Waals surface area contributed by atoms with Gasteiger partial charge in [0, 0.05) is 23.7 Å². The lowest BCUT2D eigenvalue weighted by atomic mass is 10.1. The average Bonchev–Trinajstić information content (AvgIpc) is 2.83. The van der Waals surface area contributed by atoms with Crippen molar-refractivity contribution in [1.29, 1.82) is 0 Å². The van der Waals surface area contributed by atoms with Crippen molar-refractivity contribution in [2.24, 2.45) is 0 Å². The number of rotatable bonds is 5. The maximum absolute atomic E-state index is 12.3. The first-order valence-electron chi connectivity index (χ1n) is 7.70. The SMILES string of the molecule is COc1ccc(NC(=O)CCN2C(=O)c3ccc(Cl)cc3C2=O)cc1Cl. The molecule has 0 spiro atoms. The maximum atomic E-state index is 12.3. The number of anilines is 1. The van der Waals surface area contributed by atoms with Crippen molar-refractivity contribution in [3.05, 3.63) is 57.6 Å². The third-order valence-corrected chi connectivity index (χ3v) is 4.46. The lowest BCUT2D eigenvalue weighted by Gasteiger charge is -2.13. The van der Waals surface area contributed by atoms with E-state index < -0.39 is 11.8 Å². The van der Waals surface area contributed by atoms with E-state index in [2.05, 4.69) is 5.32 Å². The van der Waals surface area contributed by atoms with Gasteiger partial charge in [0.05, 0.1) is 23.3 Å². The van der Waals surface area contributed by atoms with Crippen molar-refractivity contribution >= 4 is 46.6 Å². The van der Waals surface area contributed by atoms with Gasteiger partial charge in [0.25, 0.3) is 11.8 Å². The number of ether oxygens (including phenoxy) is 1. The van der Waals surface area contributed by atoms with Gasteiger partial charge in [0.1, 0.15) is 5.75 Å². The van der Waals surface area contributed by atoms with Gasteiger partial charge < -0.3 is 10.1 Å². The first kappa shape index (κ1) is 18.2. The Labute approximate surface area is 159 Å². The highest BCUT2D eigenvalue weighted by Crippen LogP contribution is 2.28. The van der Waals surface area contributed by atoms with E-state index in [0.717, 1.165) is 4.90 Å². The smallest absolute Gasteiger partial charge is 0.261 e. The summed E-state index contributed by atoms with van der Waals surface area (Å²) in [6.45, 7) is -0.0281. The lowest BCUT2D eigenvalue weighted by molar-refractivity contribution is -0.116. The minimum Gasteiger partial charge on any atom is -0.495 e. The number of methoxy groups -OCH3 is 1. The van der Waals surface area contributed by atoms with E-state index in [9.17, 15) is 14.4 Å². The Bertz CT molecular complexity index is 914. The van der Waals surface area contributed by atoms with Crippen LogP contribution in [0.25, 0.3) is 0 Å². The van der Waals surface area contributed by atoms with Crippen LogP contribution in [0.5, 0.6) is 5.75 Å². The van der Waals surface area contributed by atoms with Crippen LogP contribution in [0.2, 0.25) is 10.0 Å². The summed E-state index contributed by atoms with van der Waals surface area (Å²) in [5, 5.41) is 3.41. The van der Waals surface area contributed by atoms with Crippen molar-refractivity contribution in [2.75, 3.05) is 19.0 Å². The number of nitrogens with zero attached hydrogens (tertiary/aromatic N) is 1. The minimum absolute atomic E-state index is 0.0281. The van der Waals surface area contributed by atoms with Gasteiger partial charge in [-0.15, -0.1) is 0 Å². The molecule has 3 rings (SSSR count). The molecular formula is C18H14Cl2N2O4. The van der Waals surface area contributed by atoms with Crippen LogP contribution in [0.1, 0.15) is 27.1 Å². The summed E-state index contributed by atoms with van der Waals surface area (Å²) in [6.07, 6.45) is -0.0388. The third-order valence-electron chi connectivity index (χ3n) is 3.93. The predicted molar refractivity (Wildman–Crippen MR) is 98.1 cm³/mol. The quantitative estimate of drug-likeness (QED) is 0.788. The van der Waals surface area contributed by atoms with Crippen LogP contribution in [-0.2, 0) is 4.79 Å². The highest BCUT2D eigenvalue weighted by atomic mass is 35.5. The number of hydrogen-bond acceptors (Lipinski definition) is 4. The molecule has 0 atom stereocenters. The zero-order chi connectivity index (χ0) is 18.8. The zero-order valence-electron chi connectivity index (χ0n) is 13.7. The van der Waals surface area contributed by atoms with Crippen LogP contribution in [-0.4, -0.2) is 36.3 Å². The molecule has 2 aromatic rings. The summed E-state index contributed by atoms with van der Waals surface area (Å²) in [4.78, 5) is 37.8. The van der Waals surface area contributed by atoms with Crippen molar-refractivity contribution in [1.82, 2.24) is 4.90 Å². The standard InChI is InChI=1S/C18H14Cl2N2O4/c1-26-15-5-3-11(9-14(15)20)21-16(23)6-7-22-17(24)12-4-2-10(19)8-13(12)18(22)25/h2-5,8-9H,6-7H2,1H3,(H,21,23). The summed E-state index contributed by atoms with van der Waals surface area (Å²) < 4.78 is 5.05.